The molecule has 2 atom stereocenters. The van der Waals surface area contributed by atoms with Gasteiger partial charge in [-0.3, -0.25) is 0 Å². The van der Waals surface area contributed by atoms with E-state index in [0.717, 1.165) is 12.8 Å². The van der Waals surface area contributed by atoms with Crippen molar-refractivity contribution >= 4 is 25.9 Å². The number of halogens is 1. The molecule has 0 amide bonds. The van der Waals surface area contributed by atoms with Crippen LogP contribution in [0.25, 0.3) is 0 Å². The molecule has 0 aliphatic carbocycles. The molecule has 5 heteroatoms. The van der Waals surface area contributed by atoms with Gasteiger partial charge in [0.2, 0.25) is 0 Å². The molecule has 1 aromatic carbocycles. The van der Waals surface area contributed by atoms with Gasteiger partial charge in [0, 0.05) is 0 Å². The van der Waals surface area contributed by atoms with Crippen LogP contribution >= 0.6 is 11.6 Å². The highest BCUT2D eigenvalue weighted by Gasteiger charge is 2.39. The Morgan fingerprint density at radius 1 is 1.25 bits per heavy atom. The molecule has 1 aromatic rings. The topological polar surface area (TPSA) is 35.5 Å². The van der Waals surface area contributed by atoms with Crippen LogP contribution in [0.2, 0.25) is 18.1 Å². The van der Waals surface area contributed by atoms with Crippen LogP contribution in [0.5, 0.6) is 0 Å². The molecular weight excluding hydrogens is 388 g/mol. The zero-order valence-corrected chi connectivity index (χ0v) is 20.5. The fraction of sp³-hybridized carbons (Fsp3) is 0.609. The van der Waals surface area contributed by atoms with E-state index >= 15 is 0 Å². The van der Waals surface area contributed by atoms with E-state index in [1.54, 1.807) is 13.0 Å². The molecule has 0 spiro atoms. The monoisotopic (exact) mass is 424 g/mol. The molecule has 1 rings (SSSR count). The summed E-state index contributed by atoms with van der Waals surface area (Å²) in [5.41, 5.74) is 2.43. The zero-order valence-electron chi connectivity index (χ0n) is 18.8. The molecule has 0 N–H and O–H groups in total. The highest BCUT2D eigenvalue weighted by atomic mass is 35.5. The summed E-state index contributed by atoms with van der Waals surface area (Å²) < 4.78 is 11.6. The summed E-state index contributed by atoms with van der Waals surface area (Å²) in [6, 6.07) is 8.58. The minimum absolute atomic E-state index is 0.106. The fourth-order valence-corrected chi connectivity index (χ4v) is 4.43. The smallest absolute Gasteiger partial charge is 0.349 e. The van der Waals surface area contributed by atoms with E-state index in [1.165, 1.54) is 11.1 Å². The molecule has 158 valence electrons. The van der Waals surface area contributed by atoms with Gasteiger partial charge in [-0.05, 0) is 54.9 Å². The first kappa shape index (κ1) is 24.9. The van der Waals surface area contributed by atoms with Crippen molar-refractivity contribution in [1.82, 2.24) is 0 Å². The summed E-state index contributed by atoms with van der Waals surface area (Å²) in [6.45, 7) is 17.7. The van der Waals surface area contributed by atoms with E-state index in [9.17, 15) is 4.79 Å². The molecule has 0 unspecified atom stereocenters. The Morgan fingerprint density at radius 2 is 1.89 bits per heavy atom. The maximum absolute atomic E-state index is 11.7. The number of ether oxygens (including phenoxy) is 1. The van der Waals surface area contributed by atoms with E-state index in [4.69, 9.17) is 20.8 Å². The van der Waals surface area contributed by atoms with Crippen LogP contribution in [0.4, 0.5) is 0 Å². The van der Waals surface area contributed by atoms with Crippen molar-refractivity contribution in [2.24, 2.45) is 5.92 Å². The van der Waals surface area contributed by atoms with Crippen molar-refractivity contribution in [1.29, 1.82) is 0 Å². The van der Waals surface area contributed by atoms with E-state index < -0.39 is 14.3 Å². The molecule has 0 aliphatic heterocycles. The Bertz CT molecular complexity index is 677. The van der Waals surface area contributed by atoms with Crippen LogP contribution in [0.15, 0.2) is 35.4 Å². The van der Waals surface area contributed by atoms with Crippen molar-refractivity contribution in [3.05, 3.63) is 46.5 Å². The second-order valence-electron chi connectivity index (χ2n) is 8.94. The molecule has 0 aromatic heterocycles. The number of esters is 1. The summed E-state index contributed by atoms with van der Waals surface area (Å²) in [7, 11) is -1.84. The minimum atomic E-state index is -1.84. The number of rotatable bonds is 9. The van der Waals surface area contributed by atoms with Crippen molar-refractivity contribution in [3.8, 4) is 0 Å². The molecule has 0 fully saturated rings. The van der Waals surface area contributed by atoms with Crippen LogP contribution in [0.1, 0.15) is 65.2 Å². The highest BCUT2D eigenvalue weighted by Crippen LogP contribution is 2.40. The van der Waals surface area contributed by atoms with Crippen molar-refractivity contribution in [3.63, 3.8) is 0 Å². The number of hydrogen-bond donors (Lipinski definition) is 0. The van der Waals surface area contributed by atoms with Crippen LogP contribution in [-0.2, 0) is 20.4 Å². The lowest BCUT2D eigenvalue weighted by molar-refractivity contribution is -0.137. The predicted molar refractivity (Wildman–Crippen MR) is 121 cm³/mol. The summed E-state index contributed by atoms with van der Waals surface area (Å²) >= 11 is 6.06. The Labute approximate surface area is 177 Å². The third kappa shape index (κ3) is 7.38. The number of carbonyl (C=O) groups excluding carboxylic acids is 1. The Morgan fingerprint density at radius 3 is 2.43 bits per heavy atom. The van der Waals surface area contributed by atoms with Gasteiger partial charge in [0.1, 0.15) is 5.03 Å². The van der Waals surface area contributed by atoms with Gasteiger partial charge in [-0.2, -0.15) is 0 Å². The number of benzene rings is 1. The van der Waals surface area contributed by atoms with Gasteiger partial charge in [-0.25, -0.2) is 4.79 Å². The maximum atomic E-state index is 11.7. The highest BCUT2D eigenvalue weighted by molar-refractivity contribution is 6.74. The summed E-state index contributed by atoms with van der Waals surface area (Å²) in [5.74, 6) is -0.327. The molecule has 0 aliphatic rings. The molecule has 0 bridgehead atoms. The van der Waals surface area contributed by atoms with Gasteiger partial charge in [0.25, 0.3) is 0 Å². The van der Waals surface area contributed by atoms with E-state index in [-0.39, 0.29) is 22.1 Å². The first-order valence-electron chi connectivity index (χ1n) is 10.2. The van der Waals surface area contributed by atoms with Crippen molar-refractivity contribution in [2.75, 3.05) is 6.61 Å². The first-order chi connectivity index (χ1) is 12.9. The largest absolute Gasteiger partial charge is 0.462 e. The quantitative estimate of drug-likeness (QED) is 0.242. The second-order valence-corrected chi connectivity index (χ2v) is 14.1. The average Bonchev–Trinajstić information content (AvgIpc) is 2.58. The molecule has 0 saturated heterocycles. The average molecular weight is 425 g/mol. The fourth-order valence-electron chi connectivity index (χ4n) is 2.79. The SMILES string of the molecule is CCOC(=O)/C(Cl)=C\[C@@H](C)Cc1cccc([C@H](CC)O[Si](C)(C)C(C)(C)C)c1. The van der Waals surface area contributed by atoms with Gasteiger partial charge >= 0.3 is 5.97 Å². The Hall–Kier alpha value is -1.10. The summed E-state index contributed by atoms with van der Waals surface area (Å²) in [5, 5.41) is 0.333. The van der Waals surface area contributed by atoms with Gasteiger partial charge in [-0.1, -0.05) is 76.6 Å². The third-order valence-electron chi connectivity index (χ3n) is 5.40. The van der Waals surface area contributed by atoms with Crippen LogP contribution in [-0.4, -0.2) is 20.9 Å². The van der Waals surface area contributed by atoms with E-state index in [2.05, 4.69) is 72.0 Å². The van der Waals surface area contributed by atoms with Crippen LogP contribution < -0.4 is 0 Å². The first-order valence-corrected chi connectivity index (χ1v) is 13.5. The van der Waals surface area contributed by atoms with Gasteiger partial charge in [0.05, 0.1) is 12.7 Å². The molecule has 3 nitrogen and oxygen atoms in total. The Balaban J connectivity index is 2.93. The van der Waals surface area contributed by atoms with Gasteiger partial charge < -0.3 is 9.16 Å². The van der Waals surface area contributed by atoms with Gasteiger partial charge in [-0.15, -0.1) is 0 Å². The van der Waals surface area contributed by atoms with Crippen molar-refractivity contribution in [2.45, 2.75) is 78.6 Å². The maximum Gasteiger partial charge on any atom is 0.349 e. The third-order valence-corrected chi connectivity index (χ3v) is 10.2. The normalized spacial score (nSPS) is 15.2. The number of hydrogen-bond acceptors (Lipinski definition) is 3. The molecule has 0 saturated carbocycles. The standard InChI is InChI=1S/C23H37ClO3Si/c1-9-21(27-28(7,8)23(4,5)6)19-13-11-12-18(16-19)14-17(3)15-20(24)22(25)26-10-2/h11-13,15-17,21H,9-10,14H2,1-8H3/b20-15+/t17-,21-/m0/s1. The molecule has 0 radical (unpaired) electrons. The van der Waals surface area contributed by atoms with Crippen molar-refractivity contribution < 1.29 is 14.0 Å². The number of carbonyl (C=O) groups is 1. The van der Waals surface area contributed by atoms with Crippen LogP contribution in [0, 0.1) is 5.92 Å². The zero-order chi connectivity index (χ0) is 21.5. The lowest BCUT2D eigenvalue weighted by Crippen LogP contribution is -2.41. The lowest BCUT2D eigenvalue weighted by Gasteiger charge is -2.39. The predicted octanol–water partition coefficient (Wildman–Crippen LogP) is 7.02. The summed E-state index contributed by atoms with van der Waals surface area (Å²) in [6.07, 6.45) is 3.63. The summed E-state index contributed by atoms with van der Waals surface area (Å²) in [4.78, 5) is 11.7. The number of allylic oxidation sites excluding steroid dienone is 1. The molecule has 0 heterocycles. The van der Waals surface area contributed by atoms with E-state index in [1.807, 2.05) is 0 Å². The Kier molecular flexibility index (Phi) is 9.45. The lowest BCUT2D eigenvalue weighted by atomic mass is 9.97. The minimum Gasteiger partial charge on any atom is -0.462 e. The molecular formula is C23H37ClO3Si. The van der Waals surface area contributed by atoms with E-state index in [0.29, 0.717) is 6.61 Å². The van der Waals surface area contributed by atoms with Crippen LogP contribution in [0.3, 0.4) is 0 Å². The second kappa shape index (κ2) is 10.6. The molecule has 28 heavy (non-hydrogen) atoms. The van der Waals surface area contributed by atoms with Gasteiger partial charge in [0.15, 0.2) is 8.32 Å².